The second-order valence-corrected chi connectivity index (χ2v) is 9.55. The van der Waals surface area contributed by atoms with Gasteiger partial charge in [-0.3, -0.25) is 4.40 Å². The summed E-state index contributed by atoms with van der Waals surface area (Å²) in [6, 6.07) is 12.2. The molecule has 0 spiro atoms. The van der Waals surface area contributed by atoms with Gasteiger partial charge in [-0.2, -0.15) is 0 Å². The number of ether oxygens (including phenoxy) is 2. The lowest BCUT2D eigenvalue weighted by Crippen LogP contribution is -2.28. The molecule has 3 heterocycles. The van der Waals surface area contributed by atoms with Crippen molar-refractivity contribution < 1.29 is 17.9 Å². The van der Waals surface area contributed by atoms with Crippen LogP contribution in [0.3, 0.4) is 0 Å². The first-order valence-electron chi connectivity index (χ1n) is 10.5. The van der Waals surface area contributed by atoms with Crippen LogP contribution in [0.15, 0.2) is 47.4 Å². The second-order valence-electron chi connectivity index (χ2n) is 7.58. The molecular weight excluding hydrogens is 430 g/mol. The standard InChI is InChI=1S/C22H23N5O4S/c1-3-4-9-20-24-25-22-21(23-16-7-5-6-8-17(16)27(20)22)26(2)32(28,29)15-10-11-18-19(14-15)31-13-12-30-18/h5-8,10-11,14H,3-4,9,12-13H2,1-2H3. The zero-order chi connectivity index (χ0) is 22.3. The van der Waals surface area contributed by atoms with E-state index in [0.29, 0.717) is 35.9 Å². The number of aryl methyl sites for hydroxylation is 1. The van der Waals surface area contributed by atoms with E-state index in [1.165, 1.54) is 19.2 Å². The largest absolute Gasteiger partial charge is 0.486 e. The Hall–Kier alpha value is -3.40. The van der Waals surface area contributed by atoms with Gasteiger partial charge in [0.25, 0.3) is 10.0 Å². The van der Waals surface area contributed by atoms with Crippen LogP contribution in [-0.2, 0) is 16.4 Å². The lowest BCUT2D eigenvalue weighted by molar-refractivity contribution is 0.171. The van der Waals surface area contributed by atoms with Crippen LogP contribution in [-0.4, -0.2) is 48.3 Å². The highest BCUT2D eigenvalue weighted by molar-refractivity contribution is 7.92. The number of unbranched alkanes of at least 4 members (excludes halogenated alkanes) is 1. The molecule has 2 aromatic heterocycles. The van der Waals surface area contributed by atoms with Gasteiger partial charge < -0.3 is 9.47 Å². The molecule has 9 nitrogen and oxygen atoms in total. The second kappa shape index (κ2) is 7.94. The molecule has 0 saturated heterocycles. The number of sulfonamides is 1. The van der Waals surface area contributed by atoms with Gasteiger partial charge in [0.2, 0.25) is 5.65 Å². The fourth-order valence-electron chi connectivity index (χ4n) is 3.79. The van der Waals surface area contributed by atoms with Crippen molar-refractivity contribution in [3.05, 3.63) is 48.3 Å². The van der Waals surface area contributed by atoms with Crippen molar-refractivity contribution in [1.29, 1.82) is 0 Å². The molecule has 2 aromatic carbocycles. The van der Waals surface area contributed by atoms with E-state index >= 15 is 0 Å². The van der Waals surface area contributed by atoms with Gasteiger partial charge in [-0.1, -0.05) is 25.5 Å². The summed E-state index contributed by atoms with van der Waals surface area (Å²) in [4.78, 5) is 4.73. The first-order chi connectivity index (χ1) is 15.5. The minimum Gasteiger partial charge on any atom is -0.486 e. The van der Waals surface area contributed by atoms with E-state index in [4.69, 9.17) is 9.47 Å². The first-order valence-corrected chi connectivity index (χ1v) is 12.0. The van der Waals surface area contributed by atoms with Crippen molar-refractivity contribution in [2.75, 3.05) is 24.6 Å². The Kier molecular flexibility index (Phi) is 5.09. The zero-order valence-electron chi connectivity index (χ0n) is 17.9. The van der Waals surface area contributed by atoms with Crippen LogP contribution in [0, 0.1) is 0 Å². The predicted octanol–water partition coefficient (Wildman–Crippen LogP) is 3.22. The van der Waals surface area contributed by atoms with Crippen molar-refractivity contribution in [3.63, 3.8) is 0 Å². The lowest BCUT2D eigenvalue weighted by atomic mass is 10.2. The molecule has 1 aliphatic heterocycles. The van der Waals surface area contributed by atoms with E-state index in [9.17, 15) is 8.42 Å². The summed E-state index contributed by atoms with van der Waals surface area (Å²) in [5.74, 6) is 1.94. The van der Waals surface area contributed by atoms with Crippen molar-refractivity contribution in [2.45, 2.75) is 31.1 Å². The summed E-state index contributed by atoms with van der Waals surface area (Å²) < 4.78 is 41.1. The third-order valence-corrected chi connectivity index (χ3v) is 7.25. The summed E-state index contributed by atoms with van der Waals surface area (Å²) in [5, 5.41) is 8.67. The SMILES string of the molecule is CCCCc1nnc2c(N(C)S(=O)(=O)c3ccc4c(c3)OCCO4)nc3ccccc3n12. The maximum atomic E-state index is 13.5. The topological polar surface area (TPSA) is 98.9 Å². The molecule has 4 aromatic rings. The number of benzene rings is 2. The first kappa shape index (κ1) is 20.5. The molecule has 0 bridgehead atoms. The number of nitrogens with zero attached hydrogens (tertiary/aromatic N) is 5. The molecular formula is C22H23N5O4S. The Morgan fingerprint density at radius 3 is 2.66 bits per heavy atom. The smallest absolute Gasteiger partial charge is 0.265 e. The Balaban J connectivity index is 1.65. The van der Waals surface area contributed by atoms with Crippen LogP contribution in [0.4, 0.5) is 5.82 Å². The van der Waals surface area contributed by atoms with Crippen LogP contribution < -0.4 is 13.8 Å². The van der Waals surface area contributed by atoms with Gasteiger partial charge in [-0.25, -0.2) is 17.7 Å². The zero-order valence-corrected chi connectivity index (χ0v) is 18.7. The molecule has 0 unspecified atom stereocenters. The van der Waals surface area contributed by atoms with Gasteiger partial charge in [0.05, 0.1) is 15.9 Å². The van der Waals surface area contributed by atoms with Gasteiger partial charge in [0.1, 0.15) is 19.0 Å². The van der Waals surface area contributed by atoms with Crippen molar-refractivity contribution >= 4 is 32.5 Å². The molecule has 1 aliphatic rings. The highest BCUT2D eigenvalue weighted by atomic mass is 32.2. The van der Waals surface area contributed by atoms with Crippen molar-refractivity contribution in [1.82, 2.24) is 19.6 Å². The van der Waals surface area contributed by atoms with Gasteiger partial charge in [-0.05, 0) is 30.7 Å². The number of rotatable bonds is 6. The van der Waals surface area contributed by atoms with E-state index in [1.807, 2.05) is 28.7 Å². The van der Waals surface area contributed by atoms with E-state index in [-0.39, 0.29) is 10.7 Å². The molecule has 10 heteroatoms. The predicted molar refractivity (Wildman–Crippen MR) is 120 cm³/mol. The van der Waals surface area contributed by atoms with Gasteiger partial charge in [-0.15, -0.1) is 10.2 Å². The maximum absolute atomic E-state index is 13.5. The number of fused-ring (bicyclic) bond motifs is 4. The molecule has 0 fully saturated rings. The quantitative estimate of drug-likeness (QED) is 0.442. The summed E-state index contributed by atoms with van der Waals surface area (Å²) in [6.45, 7) is 2.92. The maximum Gasteiger partial charge on any atom is 0.265 e. The molecule has 0 N–H and O–H groups in total. The summed E-state index contributed by atoms with van der Waals surface area (Å²) >= 11 is 0. The third-order valence-electron chi connectivity index (χ3n) is 5.50. The van der Waals surface area contributed by atoms with E-state index in [0.717, 1.165) is 34.9 Å². The van der Waals surface area contributed by atoms with E-state index in [2.05, 4.69) is 22.1 Å². The van der Waals surface area contributed by atoms with Gasteiger partial charge in [0, 0.05) is 19.5 Å². The van der Waals surface area contributed by atoms with Gasteiger partial charge in [0.15, 0.2) is 17.3 Å². The molecule has 0 aliphatic carbocycles. The molecule has 0 atom stereocenters. The van der Waals surface area contributed by atoms with Crippen LogP contribution >= 0.6 is 0 Å². The Labute approximate surface area is 185 Å². The molecule has 166 valence electrons. The Bertz CT molecular complexity index is 1420. The fraction of sp³-hybridized carbons (Fsp3) is 0.318. The molecule has 0 radical (unpaired) electrons. The average Bonchev–Trinajstić information content (AvgIpc) is 3.25. The summed E-state index contributed by atoms with van der Waals surface area (Å²) in [7, 11) is -2.46. The number of hydrogen-bond donors (Lipinski definition) is 0. The number of anilines is 1. The molecule has 32 heavy (non-hydrogen) atoms. The van der Waals surface area contributed by atoms with Crippen LogP contribution in [0.25, 0.3) is 16.7 Å². The Morgan fingerprint density at radius 1 is 1.06 bits per heavy atom. The third kappa shape index (κ3) is 3.31. The summed E-state index contributed by atoms with van der Waals surface area (Å²) in [6.07, 6.45) is 2.71. The Morgan fingerprint density at radius 2 is 1.84 bits per heavy atom. The van der Waals surface area contributed by atoms with Crippen LogP contribution in [0.5, 0.6) is 11.5 Å². The average molecular weight is 454 g/mol. The fourth-order valence-corrected chi connectivity index (χ4v) is 4.95. The van der Waals surface area contributed by atoms with Gasteiger partial charge >= 0.3 is 0 Å². The number of hydrogen-bond acceptors (Lipinski definition) is 7. The summed E-state index contributed by atoms with van der Waals surface area (Å²) in [5.41, 5.74) is 1.91. The number of para-hydroxylation sites is 2. The van der Waals surface area contributed by atoms with Crippen molar-refractivity contribution in [3.8, 4) is 11.5 Å². The number of aromatic nitrogens is 4. The highest BCUT2D eigenvalue weighted by Crippen LogP contribution is 2.34. The minimum absolute atomic E-state index is 0.0862. The van der Waals surface area contributed by atoms with Crippen LogP contribution in [0.1, 0.15) is 25.6 Å². The molecule has 0 saturated carbocycles. The molecule has 0 amide bonds. The lowest BCUT2D eigenvalue weighted by Gasteiger charge is -2.22. The van der Waals surface area contributed by atoms with E-state index < -0.39 is 10.0 Å². The monoisotopic (exact) mass is 453 g/mol. The highest BCUT2D eigenvalue weighted by Gasteiger charge is 2.28. The molecule has 5 rings (SSSR count). The van der Waals surface area contributed by atoms with Crippen molar-refractivity contribution in [2.24, 2.45) is 0 Å². The van der Waals surface area contributed by atoms with Crippen LogP contribution in [0.2, 0.25) is 0 Å². The van der Waals surface area contributed by atoms with E-state index in [1.54, 1.807) is 6.07 Å². The minimum atomic E-state index is -3.94. The normalized spacial score (nSPS) is 13.6.